The van der Waals surface area contributed by atoms with Gasteiger partial charge in [-0.05, 0) is 6.07 Å². The number of hydrogen-bond acceptors (Lipinski definition) is 4. The zero-order chi connectivity index (χ0) is 8.97. The summed E-state index contributed by atoms with van der Waals surface area (Å²) in [6.45, 7) is 0. The Morgan fingerprint density at radius 3 is 3.00 bits per heavy atom. The molecule has 0 saturated heterocycles. The molecule has 1 aromatic rings. The second-order valence-electron chi connectivity index (χ2n) is 2.21. The second kappa shape index (κ2) is 3.82. The highest BCUT2D eigenvalue weighted by molar-refractivity contribution is 5.75. The highest BCUT2D eigenvalue weighted by Gasteiger charge is 2.16. The van der Waals surface area contributed by atoms with Gasteiger partial charge in [0.15, 0.2) is 6.10 Å². The smallest absolute Gasteiger partial charge is 0.339 e. The quantitative estimate of drug-likeness (QED) is 0.643. The number of aromatic nitrogens is 1. The van der Waals surface area contributed by atoms with Crippen LogP contribution in [0, 0.1) is 0 Å². The van der Waals surface area contributed by atoms with Gasteiger partial charge in [-0.15, -0.1) is 0 Å². The lowest BCUT2D eigenvalue weighted by Gasteiger charge is -2.06. The lowest BCUT2D eigenvalue weighted by molar-refractivity contribution is -0.150. The first-order valence-electron chi connectivity index (χ1n) is 3.41. The van der Waals surface area contributed by atoms with Gasteiger partial charge in [0, 0.05) is 18.0 Å². The zero-order valence-corrected chi connectivity index (χ0v) is 6.60. The van der Waals surface area contributed by atoms with Crippen LogP contribution in [0.2, 0.25) is 0 Å². The molecule has 12 heavy (non-hydrogen) atoms. The number of esters is 1. The van der Waals surface area contributed by atoms with E-state index < -0.39 is 12.1 Å². The molecule has 0 aliphatic heterocycles. The molecule has 0 radical (unpaired) electrons. The van der Waals surface area contributed by atoms with Crippen LogP contribution in [0.25, 0.3) is 0 Å². The second-order valence-corrected chi connectivity index (χ2v) is 2.21. The highest BCUT2D eigenvalue weighted by Crippen LogP contribution is 2.11. The predicted octanol–water partition coefficient (Wildman–Crippen LogP) is 0.288. The Hall–Kier alpha value is -1.42. The summed E-state index contributed by atoms with van der Waals surface area (Å²) in [6.07, 6.45) is 1.75. The Kier molecular flexibility index (Phi) is 2.76. The van der Waals surface area contributed by atoms with Crippen LogP contribution in [0.5, 0.6) is 0 Å². The minimum atomic E-state index is -1.23. The lowest BCUT2D eigenvalue weighted by Crippen LogP contribution is -2.13. The summed E-state index contributed by atoms with van der Waals surface area (Å²) < 4.78 is 4.35. The molecule has 64 valence electrons. The molecular weight excluding hydrogens is 158 g/mol. The molecular formula is C8H9NO3. The molecule has 0 bridgehead atoms. The molecule has 0 aliphatic rings. The average molecular weight is 167 g/mol. The van der Waals surface area contributed by atoms with Gasteiger partial charge in [-0.2, -0.15) is 0 Å². The third-order valence-corrected chi connectivity index (χ3v) is 1.42. The van der Waals surface area contributed by atoms with Crippen LogP contribution >= 0.6 is 0 Å². The summed E-state index contributed by atoms with van der Waals surface area (Å²) in [5, 5.41) is 9.27. The van der Waals surface area contributed by atoms with E-state index in [1.54, 1.807) is 18.3 Å². The van der Waals surface area contributed by atoms with Crippen LogP contribution < -0.4 is 0 Å². The standard InChI is InChI=1S/C8H9NO3/c1-12-8(11)7(10)6-3-2-4-9-5-6/h2-5,7,10H,1H3. The van der Waals surface area contributed by atoms with E-state index in [0.29, 0.717) is 5.56 Å². The van der Waals surface area contributed by atoms with Crippen molar-refractivity contribution >= 4 is 5.97 Å². The largest absolute Gasteiger partial charge is 0.467 e. The maximum atomic E-state index is 10.8. The maximum absolute atomic E-state index is 10.8. The van der Waals surface area contributed by atoms with E-state index in [1.165, 1.54) is 13.3 Å². The van der Waals surface area contributed by atoms with Crippen molar-refractivity contribution in [3.63, 3.8) is 0 Å². The Labute approximate surface area is 69.8 Å². The van der Waals surface area contributed by atoms with Crippen molar-refractivity contribution in [3.05, 3.63) is 30.1 Å². The van der Waals surface area contributed by atoms with Gasteiger partial charge in [-0.25, -0.2) is 4.79 Å². The number of carbonyl (C=O) groups is 1. The number of ether oxygens (including phenoxy) is 1. The van der Waals surface area contributed by atoms with Gasteiger partial charge in [0.1, 0.15) is 0 Å². The SMILES string of the molecule is COC(=O)C(O)c1cccnc1. The van der Waals surface area contributed by atoms with Crippen LogP contribution in [0.15, 0.2) is 24.5 Å². The summed E-state index contributed by atoms with van der Waals surface area (Å²) in [7, 11) is 1.22. The van der Waals surface area contributed by atoms with Gasteiger partial charge < -0.3 is 9.84 Å². The predicted molar refractivity (Wildman–Crippen MR) is 41.2 cm³/mol. The summed E-state index contributed by atoms with van der Waals surface area (Å²) in [5.41, 5.74) is 0.435. The minimum absolute atomic E-state index is 0.435. The number of nitrogens with zero attached hydrogens (tertiary/aromatic N) is 1. The van der Waals surface area contributed by atoms with Crippen LogP contribution in [-0.2, 0) is 9.53 Å². The number of methoxy groups -OCH3 is 1. The topological polar surface area (TPSA) is 59.4 Å². The van der Waals surface area contributed by atoms with Crippen LogP contribution in [-0.4, -0.2) is 23.2 Å². The highest BCUT2D eigenvalue weighted by atomic mass is 16.5. The van der Waals surface area contributed by atoms with E-state index in [-0.39, 0.29) is 0 Å². The molecule has 1 N–H and O–H groups in total. The van der Waals surface area contributed by atoms with E-state index in [2.05, 4.69) is 9.72 Å². The molecule has 1 rings (SSSR count). The Bertz CT molecular complexity index is 260. The molecule has 0 aromatic carbocycles. The van der Waals surface area contributed by atoms with Gasteiger partial charge in [-0.3, -0.25) is 4.98 Å². The summed E-state index contributed by atoms with van der Waals surface area (Å²) in [6, 6.07) is 3.25. The molecule has 1 unspecified atom stereocenters. The van der Waals surface area contributed by atoms with E-state index in [0.717, 1.165) is 0 Å². The van der Waals surface area contributed by atoms with Gasteiger partial charge in [0.2, 0.25) is 0 Å². The number of carbonyl (C=O) groups excluding carboxylic acids is 1. The molecule has 0 fully saturated rings. The monoisotopic (exact) mass is 167 g/mol. The molecule has 0 saturated carbocycles. The van der Waals surface area contributed by atoms with Crippen LogP contribution in [0.1, 0.15) is 11.7 Å². The molecule has 0 aliphatic carbocycles. The molecule has 1 aromatic heterocycles. The number of aliphatic hydroxyl groups excluding tert-OH is 1. The lowest BCUT2D eigenvalue weighted by atomic mass is 10.2. The number of pyridine rings is 1. The fourth-order valence-corrected chi connectivity index (χ4v) is 0.785. The van der Waals surface area contributed by atoms with Gasteiger partial charge in [0.25, 0.3) is 0 Å². The first kappa shape index (κ1) is 8.67. The Balaban J connectivity index is 2.78. The fourth-order valence-electron chi connectivity index (χ4n) is 0.785. The first-order valence-corrected chi connectivity index (χ1v) is 3.41. The number of aliphatic hydroxyl groups is 1. The van der Waals surface area contributed by atoms with Crippen LogP contribution in [0.4, 0.5) is 0 Å². The van der Waals surface area contributed by atoms with E-state index in [4.69, 9.17) is 0 Å². The van der Waals surface area contributed by atoms with E-state index in [1.807, 2.05) is 0 Å². The van der Waals surface area contributed by atoms with Crippen molar-refractivity contribution in [3.8, 4) is 0 Å². The summed E-state index contributed by atoms with van der Waals surface area (Å²) in [5.74, 6) is -0.678. The molecule has 0 spiro atoms. The third kappa shape index (κ3) is 1.79. The number of hydrogen-bond donors (Lipinski definition) is 1. The zero-order valence-electron chi connectivity index (χ0n) is 6.60. The van der Waals surface area contributed by atoms with E-state index >= 15 is 0 Å². The minimum Gasteiger partial charge on any atom is -0.467 e. The van der Waals surface area contributed by atoms with Crippen molar-refractivity contribution in [2.45, 2.75) is 6.10 Å². The van der Waals surface area contributed by atoms with Crippen molar-refractivity contribution < 1.29 is 14.6 Å². The Morgan fingerprint density at radius 2 is 2.50 bits per heavy atom. The third-order valence-electron chi connectivity index (χ3n) is 1.42. The molecule has 0 amide bonds. The maximum Gasteiger partial charge on any atom is 0.339 e. The average Bonchev–Trinajstić information content (AvgIpc) is 2.17. The molecule has 4 nitrogen and oxygen atoms in total. The molecule has 1 heterocycles. The summed E-state index contributed by atoms with van der Waals surface area (Å²) >= 11 is 0. The van der Waals surface area contributed by atoms with Crippen LogP contribution in [0.3, 0.4) is 0 Å². The summed E-state index contributed by atoms with van der Waals surface area (Å²) in [4.78, 5) is 14.6. The normalized spacial score (nSPS) is 12.2. The number of rotatable bonds is 2. The van der Waals surface area contributed by atoms with Crippen molar-refractivity contribution in [1.29, 1.82) is 0 Å². The van der Waals surface area contributed by atoms with Gasteiger partial charge in [0.05, 0.1) is 7.11 Å². The van der Waals surface area contributed by atoms with Crippen molar-refractivity contribution in [1.82, 2.24) is 4.98 Å². The van der Waals surface area contributed by atoms with Crippen molar-refractivity contribution in [2.75, 3.05) is 7.11 Å². The molecule has 4 heteroatoms. The van der Waals surface area contributed by atoms with E-state index in [9.17, 15) is 9.90 Å². The van der Waals surface area contributed by atoms with Gasteiger partial charge in [-0.1, -0.05) is 6.07 Å². The molecule has 1 atom stereocenters. The van der Waals surface area contributed by atoms with Crippen molar-refractivity contribution in [2.24, 2.45) is 0 Å². The first-order chi connectivity index (χ1) is 5.75. The Morgan fingerprint density at radius 1 is 1.75 bits per heavy atom. The fraction of sp³-hybridized carbons (Fsp3) is 0.250. The van der Waals surface area contributed by atoms with Gasteiger partial charge >= 0.3 is 5.97 Å².